The Morgan fingerprint density at radius 1 is 1.26 bits per heavy atom. The summed E-state index contributed by atoms with van der Waals surface area (Å²) in [6, 6.07) is 17.4. The highest BCUT2D eigenvalue weighted by atomic mass is 16.5. The van der Waals surface area contributed by atoms with Gasteiger partial charge in [-0.15, -0.1) is 0 Å². The normalized spacial score (nSPS) is 16.5. The molecule has 6 heteroatoms. The number of carbonyl (C=O) groups is 1. The third-order valence-corrected chi connectivity index (χ3v) is 4.54. The van der Waals surface area contributed by atoms with Gasteiger partial charge in [0, 0.05) is 31.7 Å². The van der Waals surface area contributed by atoms with E-state index in [-0.39, 0.29) is 18.6 Å². The van der Waals surface area contributed by atoms with Crippen LogP contribution in [0.25, 0.3) is 0 Å². The first-order valence-corrected chi connectivity index (χ1v) is 8.94. The van der Waals surface area contributed by atoms with E-state index in [0.29, 0.717) is 17.1 Å². The summed E-state index contributed by atoms with van der Waals surface area (Å²) in [5, 5.41) is 12.0. The van der Waals surface area contributed by atoms with E-state index < -0.39 is 0 Å². The molecule has 1 fully saturated rings. The maximum absolute atomic E-state index is 12.2. The highest BCUT2D eigenvalue weighted by molar-refractivity contribution is 5.78. The Morgan fingerprint density at radius 2 is 2.07 bits per heavy atom. The zero-order valence-electron chi connectivity index (χ0n) is 15.4. The van der Waals surface area contributed by atoms with Crippen LogP contribution in [0, 0.1) is 11.3 Å². The number of nitriles is 1. The first-order valence-electron chi connectivity index (χ1n) is 8.94. The van der Waals surface area contributed by atoms with E-state index in [1.165, 1.54) is 12.7 Å². The van der Waals surface area contributed by atoms with Crippen molar-refractivity contribution in [1.82, 2.24) is 10.2 Å². The molecule has 1 heterocycles. The molecule has 2 aromatic carbocycles. The third-order valence-electron chi connectivity index (χ3n) is 4.54. The highest BCUT2D eigenvalue weighted by Gasteiger charge is 2.24. The van der Waals surface area contributed by atoms with E-state index in [4.69, 9.17) is 14.7 Å². The van der Waals surface area contributed by atoms with E-state index in [1.54, 1.807) is 18.2 Å². The number of nitrogens with zero attached hydrogens (tertiary/aromatic N) is 2. The molecule has 0 bridgehead atoms. The number of nitrogens with one attached hydrogen (secondary N) is 1. The van der Waals surface area contributed by atoms with E-state index in [9.17, 15) is 4.79 Å². The molecule has 0 saturated carbocycles. The van der Waals surface area contributed by atoms with Crippen LogP contribution in [0.1, 0.15) is 17.5 Å². The van der Waals surface area contributed by atoms with Crippen LogP contribution in [0.5, 0.6) is 11.5 Å². The minimum Gasteiger partial charge on any atom is -0.493 e. The molecular weight excluding hydrogens is 342 g/mol. The van der Waals surface area contributed by atoms with Gasteiger partial charge in [-0.3, -0.25) is 9.69 Å². The summed E-state index contributed by atoms with van der Waals surface area (Å²) < 4.78 is 10.8. The lowest BCUT2D eigenvalue weighted by atomic mass is 10.2. The molecule has 0 unspecified atom stereocenters. The van der Waals surface area contributed by atoms with Gasteiger partial charge in [0.15, 0.2) is 18.1 Å². The first kappa shape index (κ1) is 18.7. The Kier molecular flexibility index (Phi) is 6.29. The van der Waals surface area contributed by atoms with E-state index >= 15 is 0 Å². The molecule has 0 aliphatic carbocycles. The number of benzene rings is 2. The zero-order valence-corrected chi connectivity index (χ0v) is 15.4. The number of rotatable bonds is 7. The number of methoxy groups -OCH3 is 1. The van der Waals surface area contributed by atoms with Crippen molar-refractivity contribution < 1.29 is 14.3 Å². The van der Waals surface area contributed by atoms with E-state index in [2.05, 4.69) is 22.3 Å². The van der Waals surface area contributed by atoms with Crippen LogP contribution in [-0.2, 0) is 11.3 Å². The molecule has 1 atom stereocenters. The summed E-state index contributed by atoms with van der Waals surface area (Å²) in [5.74, 6) is 0.730. The fourth-order valence-corrected chi connectivity index (χ4v) is 3.20. The molecule has 2 aromatic rings. The molecule has 0 radical (unpaired) electrons. The SMILES string of the molecule is COc1cc(C#N)ccc1OCC(=O)N[C@@H]1CCN(Cc2ccccc2)C1. The molecule has 140 valence electrons. The van der Waals surface area contributed by atoms with Gasteiger partial charge < -0.3 is 14.8 Å². The Balaban J connectivity index is 1.46. The molecule has 1 N–H and O–H groups in total. The Labute approximate surface area is 159 Å². The summed E-state index contributed by atoms with van der Waals surface area (Å²) in [5.41, 5.74) is 1.76. The van der Waals surface area contributed by atoms with Crippen molar-refractivity contribution in [3.8, 4) is 17.6 Å². The number of hydrogen-bond donors (Lipinski definition) is 1. The van der Waals surface area contributed by atoms with Gasteiger partial charge in [0.2, 0.25) is 0 Å². The van der Waals surface area contributed by atoms with Gasteiger partial charge in [0.05, 0.1) is 18.7 Å². The number of carbonyl (C=O) groups excluding carboxylic acids is 1. The molecule has 0 spiro atoms. The van der Waals surface area contributed by atoms with Crippen molar-refractivity contribution in [2.24, 2.45) is 0 Å². The van der Waals surface area contributed by atoms with Crippen molar-refractivity contribution in [2.75, 3.05) is 26.8 Å². The summed E-state index contributed by atoms with van der Waals surface area (Å²) in [6.45, 7) is 2.61. The van der Waals surface area contributed by atoms with Gasteiger partial charge in [-0.1, -0.05) is 30.3 Å². The quantitative estimate of drug-likeness (QED) is 0.815. The lowest BCUT2D eigenvalue weighted by Gasteiger charge is -2.17. The summed E-state index contributed by atoms with van der Waals surface area (Å²) in [4.78, 5) is 14.6. The van der Waals surface area contributed by atoms with Crippen LogP contribution in [0.3, 0.4) is 0 Å². The van der Waals surface area contributed by atoms with Crippen LogP contribution in [0.2, 0.25) is 0 Å². The lowest BCUT2D eigenvalue weighted by molar-refractivity contribution is -0.123. The monoisotopic (exact) mass is 365 g/mol. The number of ether oxygens (including phenoxy) is 2. The maximum atomic E-state index is 12.2. The first-order chi connectivity index (χ1) is 13.2. The van der Waals surface area contributed by atoms with Gasteiger partial charge in [-0.2, -0.15) is 5.26 Å². The maximum Gasteiger partial charge on any atom is 0.258 e. The summed E-state index contributed by atoms with van der Waals surface area (Å²) >= 11 is 0. The predicted molar refractivity (Wildman–Crippen MR) is 101 cm³/mol. The molecule has 3 rings (SSSR count). The van der Waals surface area contributed by atoms with Crippen molar-refractivity contribution in [1.29, 1.82) is 5.26 Å². The summed E-state index contributed by atoms with van der Waals surface area (Å²) in [7, 11) is 1.50. The molecule has 6 nitrogen and oxygen atoms in total. The van der Waals surface area contributed by atoms with Crippen LogP contribution in [0.15, 0.2) is 48.5 Å². The van der Waals surface area contributed by atoms with Crippen molar-refractivity contribution in [3.05, 3.63) is 59.7 Å². The van der Waals surface area contributed by atoms with E-state index in [0.717, 1.165) is 26.1 Å². The molecule has 1 aliphatic rings. The molecule has 1 amide bonds. The van der Waals surface area contributed by atoms with Gasteiger partial charge in [-0.25, -0.2) is 0 Å². The highest BCUT2D eigenvalue weighted by Crippen LogP contribution is 2.27. The van der Waals surface area contributed by atoms with Gasteiger partial charge in [-0.05, 0) is 24.1 Å². The second kappa shape index (κ2) is 9.06. The van der Waals surface area contributed by atoms with Gasteiger partial charge in [0.25, 0.3) is 5.91 Å². The van der Waals surface area contributed by atoms with Crippen LogP contribution >= 0.6 is 0 Å². The molecular formula is C21H23N3O3. The molecule has 0 aromatic heterocycles. The average Bonchev–Trinajstić information content (AvgIpc) is 3.13. The molecule has 1 saturated heterocycles. The second-order valence-electron chi connectivity index (χ2n) is 6.54. The predicted octanol–water partition coefficient (Wildman–Crippen LogP) is 2.34. The largest absolute Gasteiger partial charge is 0.493 e. The average molecular weight is 365 g/mol. The fourth-order valence-electron chi connectivity index (χ4n) is 3.20. The zero-order chi connectivity index (χ0) is 19.1. The van der Waals surface area contributed by atoms with Crippen LogP contribution in [0.4, 0.5) is 0 Å². The Hall–Kier alpha value is -3.04. The number of likely N-dealkylation sites (tertiary alicyclic amines) is 1. The second-order valence-corrected chi connectivity index (χ2v) is 6.54. The van der Waals surface area contributed by atoms with Crippen LogP contribution < -0.4 is 14.8 Å². The third kappa shape index (κ3) is 5.22. The van der Waals surface area contributed by atoms with Gasteiger partial charge in [0.1, 0.15) is 0 Å². The number of hydrogen-bond acceptors (Lipinski definition) is 5. The Bertz CT molecular complexity index is 817. The van der Waals surface area contributed by atoms with Crippen LogP contribution in [-0.4, -0.2) is 43.7 Å². The van der Waals surface area contributed by atoms with Crippen molar-refractivity contribution in [2.45, 2.75) is 19.0 Å². The minimum absolute atomic E-state index is 0.0859. The lowest BCUT2D eigenvalue weighted by Crippen LogP contribution is -2.39. The van der Waals surface area contributed by atoms with E-state index in [1.807, 2.05) is 24.3 Å². The molecule has 27 heavy (non-hydrogen) atoms. The fraction of sp³-hybridized carbons (Fsp3) is 0.333. The minimum atomic E-state index is -0.159. The van der Waals surface area contributed by atoms with Gasteiger partial charge >= 0.3 is 0 Å². The van der Waals surface area contributed by atoms with Crippen molar-refractivity contribution >= 4 is 5.91 Å². The molecule has 1 aliphatic heterocycles. The Morgan fingerprint density at radius 3 is 2.81 bits per heavy atom. The van der Waals surface area contributed by atoms with Crippen molar-refractivity contribution in [3.63, 3.8) is 0 Å². The number of amides is 1. The smallest absolute Gasteiger partial charge is 0.258 e. The standard InChI is InChI=1S/C21H23N3O3/c1-26-20-11-17(12-22)7-8-19(20)27-15-21(25)23-18-9-10-24(14-18)13-16-5-3-2-4-6-16/h2-8,11,18H,9-10,13-15H2,1H3,(H,23,25)/t18-/m1/s1. The topological polar surface area (TPSA) is 74.6 Å². The summed E-state index contributed by atoms with van der Waals surface area (Å²) in [6.07, 6.45) is 0.929.